The van der Waals surface area contributed by atoms with Gasteiger partial charge in [0.05, 0.1) is 0 Å². The molecule has 0 unspecified atom stereocenters. The maximum atomic E-state index is 12.9. The van der Waals surface area contributed by atoms with E-state index in [4.69, 9.17) is 5.11 Å². The van der Waals surface area contributed by atoms with Gasteiger partial charge in [0.2, 0.25) is 0 Å². The molecular formula is C8H10F2N4O2. The van der Waals surface area contributed by atoms with E-state index in [1.165, 1.54) is 0 Å². The Kier molecular flexibility index (Phi) is 2.11. The molecule has 0 saturated heterocycles. The number of amides is 1. The second-order valence-electron chi connectivity index (χ2n) is 3.98. The van der Waals surface area contributed by atoms with Crippen LogP contribution < -0.4 is 5.32 Å². The smallest absolute Gasteiger partial charge is 0.405 e. The van der Waals surface area contributed by atoms with Crippen molar-refractivity contribution in [2.24, 2.45) is 0 Å². The van der Waals surface area contributed by atoms with Gasteiger partial charge in [-0.15, -0.1) is 10.2 Å². The van der Waals surface area contributed by atoms with Gasteiger partial charge in [0, 0.05) is 12.8 Å². The van der Waals surface area contributed by atoms with Gasteiger partial charge in [-0.3, -0.25) is 0 Å². The van der Waals surface area contributed by atoms with Crippen LogP contribution in [-0.4, -0.2) is 32.3 Å². The van der Waals surface area contributed by atoms with Gasteiger partial charge in [0.1, 0.15) is 11.4 Å². The second-order valence-corrected chi connectivity index (χ2v) is 3.98. The lowest BCUT2D eigenvalue weighted by Crippen LogP contribution is -2.60. The minimum absolute atomic E-state index is 0.137. The molecule has 0 aromatic carbocycles. The lowest BCUT2D eigenvalue weighted by Gasteiger charge is -2.45. The van der Waals surface area contributed by atoms with E-state index in [1.807, 2.05) is 0 Å². The van der Waals surface area contributed by atoms with Crippen LogP contribution in [0.15, 0.2) is 0 Å². The van der Waals surface area contributed by atoms with Crippen LogP contribution in [0, 0.1) is 6.92 Å². The molecule has 1 aromatic heterocycles. The summed E-state index contributed by atoms with van der Waals surface area (Å²) in [6.45, 7) is 1.61. The Labute approximate surface area is 89.1 Å². The molecule has 16 heavy (non-hydrogen) atoms. The summed E-state index contributed by atoms with van der Waals surface area (Å²) in [7, 11) is 0. The highest BCUT2D eigenvalue weighted by atomic mass is 19.3. The van der Waals surface area contributed by atoms with Gasteiger partial charge in [0.25, 0.3) is 5.92 Å². The average Bonchev–Trinajstić information content (AvgIpc) is 2.46. The fourth-order valence-corrected chi connectivity index (χ4v) is 1.91. The zero-order valence-electron chi connectivity index (χ0n) is 8.42. The zero-order valence-corrected chi connectivity index (χ0v) is 8.42. The van der Waals surface area contributed by atoms with Crippen LogP contribution in [0.3, 0.4) is 0 Å². The van der Waals surface area contributed by atoms with Crippen LogP contribution in [0.4, 0.5) is 13.6 Å². The Morgan fingerprint density at radius 3 is 2.50 bits per heavy atom. The molecule has 0 spiro atoms. The standard InChI is InChI=1S/C8H10F2N4O2/c1-4-11-5(14-13-4)7(12-6(15)16)2-8(9,10)3-7/h12H,2-3H2,1H3,(H,15,16)(H,11,13,14). The topological polar surface area (TPSA) is 90.9 Å². The van der Waals surface area contributed by atoms with E-state index in [2.05, 4.69) is 20.5 Å². The van der Waals surface area contributed by atoms with Crippen molar-refractivity contribution in [2.45, 2.75) is 31.2 Å². The molecule has 3 N–H and O–H groups in total. The number of aromatic nitrogens is 3. The summed E-state index contributed by atoms with van der Waals surface area (Å²) in [5, 5.41) is 18.0. The number of hydrogen-bond acceptors (Lipinski definition) is 3. The number of halogens is 2. The fourth-order valence-electron chi connectivity index (χ4n) is 1.91. The molecule has 0 atom stereocenters. The molecular weight excluding hydrogens is 222 g/mol. The van der Waals surface area contributed by atoms with E-state index in [1.54, 1.807) is 6.92 Å². The molecule has 1 fully saturated rings. The van der Waals surface area contributed by atoms with Crippen molar-refractivity contribution in [1.29, 1.82) is 0 Å². The molecule has 0 radical (unpaired) electrons. The van der Waals surface area contributed by atoms with E-state index in [0.29, 0.717) is 5.82 Å². The first kappa shape index (κ1) is 10.8. The Bertz CT molecular complexity index is 423. The normalized spacial score (nSPS) is 21.2. The molecule has 1 aliphatic carbocycles. The lowest BCUT2D eigenvalue weighted by molar-refractivity contribution is -0.137. The van der Waals surface area contributed by atoms with E-state index >= 15 is 0 Å². The molecule has 0 bridgehead atoms. The van der Waals surface area contributed by atoms with E-state index < -0.39 is 30.4 Å². The van der Waals surface area contributed by atoms with Gasteiger partial charge in [-0.2, -0.15) is 0 Å². The average molecular weight is 232 g/mol. The first-order valence-electron chi connectivity index (χ1n) is 4.62. The van der Waals surface area contributed by atoms with Crippen molar-refractivity contribution in [3.63, 3.8) is 0 Å². The first-order valence-corrected chi connectivity index (χ1v) is 4.62. The Balaban J connectivity index is 2.27. The molecule has 2 rings (SSSR count). The van der Waals surface area contributed by atoms with Crippen LogP contribution in [0.1, 0.15) is 24.5 Å². The molecule has 1 heterocycles. The lowest BCUT2D eigenvalue weighted by atomic mass is 9.73. The number of hydrogen-bond donors (Lipinski definition) is 3. The molecule has 88 valence electrons. The maximum absolute atomic E-state index is 12.9. The zero-order chi connectivity index (χ0) is 12.0. The highest BCUT2D eigenvalue weighted by Gasteiger charge is 2.60. The number of H-pyrrole nitrogens is 1. The molecule has 8 heteroatoms. The van der Waals surface area contributed by atoms with Crippen molar-refractivity contribution in [3.05, 3.63) is 11.6 Å². The summed E-state index contributed by atoms with van der Waals surface area (Å²) in [6.07, 6.45) is -2.55. The summed E-state index contributed by atoms with van der Waals surface area (Å²) < 4.78 is 25.8. The third kappa shape index (κ3) is 1.70. The van der Waals surface area contributed by atoms with E-state index in [9.17, 15) is 13.6 Å². The Morgan fingerprint density at radius 1 is 1.50 bits per heavy atom. The summed E-state index contributed by atoms with van der Waals surface area (Å²) in [4.78, 5) is 13.3. The van der Waals surface area contributed by atoms with E-state index in [-0.39, 0.29) is 5.82 Å². The molecule has 1 amide bonds. The number of aromatic amines is 1. The number of nitrogens with zero attached hydrogens (tertiary/aromatic N) is 2. The second kappa shape index (κ2) is 3.13. The van der Waals surface area contributed by atoms with Gasteiger partial charge < -0.3 is 15.4 Å². The maximum Gasteiger partial charge on any atom is 0.405 e. The third-order valence-corrected chi connectivity index (χ3v) is 2.52. The van der Waals surface area contributed by atoms with Gasteiger partial charge >= 0.3 is 6.09 Å². The molecule has 0 aliphatic heterocycles. The predicted molar refractivity (Wildman–Crippen MR) is 48.1 cm³/mol. The minimum Gasteiger partial charge on any atom is -0.465 e. The van der Waals surface area contributed by atoms with Crippen LogP contribution in [-0.2, 0) is 5.54 Å². The van der Waals surface area contributed by atoms with Crippen LogP contribution in [0.5, 0.6) is 0 Å². The van der Waals surface area contributed by atoms with Crippen molar-refractivity contribution < 1.29 is 18.7 Å². The van der Waals surface area contributed by atoms with Crippen molar-refractivity contribution in [1.82, 2.24) is 20.5 Å². The van der Waals surface area contributed by atoms with Crippen LogP contribution >= 0.6 is 0 Å². The first-order chi connectivity index (χ1) is 7.33. The van der Waals surface area contributed by atoms with Crippen LogP contribution in [0.25, 0.3) is 0 Å². The quantitative estimate of drug-likeness (QED) is 0.709. The molecule has 1 aromatic rings. The minimum atomic E-state index is -2.86. The van der Waals surface area contributed by atoms with Gasteiger partial charge in [-0.1, -0.05) is 0 Å². The largest absolute Gasteiger partial charge is 0.465 e. The van der Waals surface area contributed by atoms with Crippen molar-refractivity contribution in [2.75, 3.05) is 0 Å². The van der Waals surface area contributed by atoms with Gasteiger partial charge in [-0.05, 0) is 6.92 Å². The summed E-state index contributed by atoms with van der Waals surface area (Å²) >= 11 is 0. The molecule has 1 aliphatic rings. The number of rotatable bonds is 2. The number of alkyl halides is 2. The summed E-state index contributed by atoms with van der Waals surface area (Å²) in [5.41, 5.74) is -1.34. The number of carboxylic acid groups (broad SMARTS) is 1. The fraction of sp³-hybridized carbons (Fsp3) is 0.625. The van der Waals surface area contributed by atoms with E-state index in [0.717, 1.165) is 0 Å². The van der Waals surface area contributed by atoms with Crippen LogP contribution in [0.2, 0.25) is 0 Å². The third-order valence-electron chi connectivity index (χ3n) is 2.52. The van der Waals surface area contributed by atoms with Gasteiger partial charge in [0.15, 0.2) is 5.82 Å². The monoisotopic (exact) mass is 232 g/mol. The van der Waals surface area contributed by atoms with Crippen molar-refractivity contribution >= 4 is 6.09 Å². The highest BCUT2D eigenvalue weighted by Crippen LogP contribution is 2.50. The summed E-state index contributed by atoms with van der Waals surface area (Å²) in [6, 6.07) is 0. The van der Waals surface area contributed by atoms with Crippen molar-refractivity contribution in [3.8, 4) is 0 Å². The Morgan fingerprint density at radius 2 is 2.12 bits per heavy atom. The number of nitrogens with one attached hydrogen (secondary N) is 2. The highest BCUT2D eigenvalue weighted by molar-refractivity contribution is 5.66. The van der Waals surface area contributed by atoms with Gasteiger partial charge in [-0.25, -0.2) is 13.6 Å². The number of aryl methyl sites for hydroxylation is 1. The molecule has 1 saturated carbocycles. The Hall–Kier alpha value is -1.73. The SMILES string of the molecule is Cc1nnc(C2(NC(=O)O)CC(F)(F)C2)[nH]1. The predicted octanol–water partition coefficient (Wildman–Crippen LogP) is 1.01. The number of carbonyl (C=O) groups is 1. The summed E-state index contributed by atoms with van der Waals surface area (Å²) in [5.74, 6) is -2.27. The molecule has 6 nitrogen and oxygen atoms in total.